The summed E-state index contributed by atoms with van der Waals surface area (Å²) in [5.74, 6) is -0.255. The molecule has 0 saturated heterocycles. The molecule has 0 aromatic heterocycles. The topological polar surface area (TPSA) is 12.0 Å². The molecule has 90 valence electrons. The van der Waals surface area contributed by atoms with Gasteiger partial charge < -0.3 is 5.32 Å². The molecule has 1 nitrogen and oxygen atoms in total. The van der Waals surface area contributed by atoms with E-state index >= 15 is 0 Å². The Kier molecular flexibility index (Phi) is 5.22. The fourth-order valence-corrected chi connectivity index (χ4v) is 2.47. The van der Waals surface area contributed by atoms with Crippen LogP contribution in [0.3, 0.4) is 0 Å². The van der Waals surface area contributed by atoms with Gasteiger partial charge in [0.2, 0.25) is 0 Å². The summed E-state index contributed by atoms with van der Waals surface area (Å²) >= 11 is 9.09. The smallest absolute Gasteiger partial charge is 0.129 e. The Morgan fingerprint density at radius 2 is 2.12 bits per heavy atom. The van der Waals surface area contributed by atoms with Crippen LogP contribution in [-0.2, 0) is 6.54 Å². The first-order valence-electron chi connectivity index (χ1n) is 5.19. The maximum absolute atomic E-state index is 13.5. The number of benzene rings is 1. The Balaban J connectivity index is 2.61. The quantitative estimate of drug-likeness (QED) is 0.806. The highest BCUT2D eigenvalue weighted by Crippen LogP contribution is 2.16. The summed E-state index contributed by atoms with van der Waals surface area (Å²) in [5.41, 5.74) is 0.641. The lowest BCUT2D eigenvalue weighted by Gasteiger charge is -2.25. The third kappa shape index (κ3) is 4.40. The van der Waals surface area contributed by atoms with Crippen LogP contribution >= 0.6 is 27.5 Å². The summed E-state index contributed by atoms with van der Waals surface area (Å²) < 4.78 is 13.5. The number of alkyl halides is 1. The van der Waals surface area contributed by atoms with Crippen molar-refractivity contribution in [1.82, 2.24) is 5.32 Å². The molecule has 0 radical (unpaired) electrons. The van der Waals surface area contributed by atoms with E-state index in [1.165, 1.54) is 6.07 Å². The first-order chi connectivity index (χ1) is 7.44. The summed E-state index contributed by atoms with van der Waals surface area (Å²) in [6.07, 6.45) is 0.988. The number of halogens is 3. The van der Waals surface area contributed by atoms with Crippen molar-refractivity contribution in [2.45, 2.75) is 32.4 Å². The lowest BCUT2D eigenvalue weighted by atomic mass is 10.0. The van der Waals surface area contributed by atoms with E-state index in [1.807, 2.05) is 0 Å². The van der Waals surface area contributed by atoms with Gasteiger partial charge in [-0.05, 0) is 32.4 Å². The van der Waals surface area contributed by atoms with Gasteiger partial charge in [0.25, 0.3) is 0 Å². The summed E-state index contributed by atoms with van der Waals surface area (Å²) in [5, 5.41) is 4.68. The average Bonchev–Trinajstić information content (AvgIpc) is 2.16. The second kappa shape index (κ2) is 5.99. The average molecular weight is 309 g/mol. The van der Waals surface area contributed by atoms with E-state index < -0.39 is 0 Å². The zero-order valence-corrected chi connectivity index (χ0v) is 11.8. The molecule has 0 unspecified atom stereocenters. The molecule has 0 aliphatic heterocycles. The lowest BCUT2D eigenvalue weighted by molar-refractivity contribution is 0.374. The van der Waals surface area contributed by atoms with E-state index in [0.29, 0.717) is 17.1 Å². The van der Waals surface area contributed by atoms with E-state index in [-0.39, 0.29) is 11.4 Å². The second-order valence-corrected chi connectivity index (χ2v) is 5.64. The van der Waals surface area contributed by atoms with Crippen LogP contribution < -0.4 is 5.32 Å². The van der Waals surface area contributed by atoms with Crippen molar-refractivity contribution < 1.29 is 4.39 Å². The van der Waals surface area contributed by atoms with Crippen LogP contribution in [0.15, 0.2) is 18.2 Å². The van der Waals surface area contributed by atoms with Crippen LogP contribution in [0.2, 0.25) is 5.02 Å². The molecule has 0 amide bonds. The van der Waals surface area contributed by atoms with Gasteiger partial charge in [-0.3, -0.25) is 0 Å². The molecule has 0 atom stereocenters. The summed E-state index contributed by atoms with van der Waals surface area (Å²) in [7, 11) is 0. The molecule has 16 heavy (non-hydrogen) atoms. The van der Waals surface area contributed by atoms with Crippen LogP contribution in [0.1, 0.15) is 25.8 Å². The minimum Gasteiger partial charge on any atom is -0.308 e. The van der Waals surface area contributed by atoms with Gasteiger partial charge in [0, 0.05) is 28.0 Å². The van der Waals surface area contributed by atoms with Crippen molar-refractivity contribution in [3.05, 3.63) is 34.6 Å². The molecule has 1 rings (SSSR count). The lowest BCUT2D eigenvalue weighted by Crippen LogP contribution is -2.39. The number of nitrogens with one attached hydrogen (secondary N) is 1. The highest BCUT2D eigenvalue weighted by molar-refractivity contribution is 9.09. The predicted molar refractivity (Wildman–Crippen MR) is 70.7 cm³/mol. The van der Waals surface area contributed by atoms with Crippen LogP contribution in [0, 0.1) is 5.82 Å². The first kappa shape index (κ1) is 13.9. The van der Waals surface area contributed by atoms with Gasteiger partial charge in [-0.15, -0.1) is 0 Å². The fraction of sp³-hybridized carbons (Fsp3) is 0.500. The highest BCUT2D eigenvalue weighted by atomic mass is 79.9. The molecule has 0 heterocycles. The molecule has 0 fully saturated rings. The van der Waals surface area contributed by atoms with Crippen LogP contribution in [0.25, 0.3) is 0 Å². The summed E-state index contributed by atoms with van der Waals surface area (Å²) in [4.78, 5) is 0. The van der Waals surface area contributed by atoms with Crippen molar-refractivity contribution in [2.24, 2.45) is 0 Å². The third-order valence-corrected chi connectivity index (χ3v) is 3.12. The fourth-order valence-electron chi connectivity index (χ4n) is 1.32. The van der Waals surface area contributed by atoms with Gasteiger partial charge in [-0.1, -0.05) is 33.6 Å². The Labute approximate surface area is 110 Å². The standard InChI is InChI=1S/C12H16BrClFN/c1-12(2,5-6-13)16-8-9-3-4-10(14)7-11(9)15/h3-4,7,16H,5-6,8H2,1-2H3. The SMILES string of the molecule is CC(C)(CCBr)NCc1ccc(Cl)cc1F. The van der Waals surface area contributed by atoms with Crippen molar-refractivity contribution in [1.29, 1.82) is 0 Å². The predicted octanol–water partition coefficient (Wildman–Crippen LogP) is 4.13. The first-order valence-corrected chi connectivity index (χ1v) is 6.69. The van der Waals surface area contributed by atoms with Crippen LogP contribution in [-0.4, -0.2) is 10.9 Å². The monoisotopic (exact) mass is 307 g/mol. The van der Waals surface area contributed by atoms with Crippen molar-refractivity contribution >= 4 is 27.5 Å². The second-order valence-electron chi connectivity index (χ2n) is 4.41. The van der Waals surface area contributed by atoms with Gasteiger partial charge in [0.05, 0.1) is 0 Å². The largest absolute Gasteiger partial charge is 0.308 e. The van der Waals surface area contributed by atoms with E-state index in [1.54, 1.807) is 12.1 Å². The maximum atomic E-state index is 13.5. The van der Waals surface area contributed by atoms with E-state index in [9.17, 15) is 4.39 Å². The Morgan fingerprint density at radius 3 is 2.69 bits per heavy atom. The minimum atomic E-state index is -0.255. The normalized spacial score (nSPS) is 11.8. The van der Waals surface area contributed by atoms with Gasteiger partial charge in [0.1, 0.15) is 5.82 Å². The van der Waals surface area contributed by atoms with Gasteiger partial charge in [-0.25, -0.2) is 4.39 Å². The van der Waals surface area contributed by atoms with Crippen LogP contribution in [0.5, 0.6) is 0 Å². The van der Waals surface area contributed by atoms with Gasteiger partial charge in [-0.2, -0.15) is 0 Å². The Hall–Kier alpha value is -0.120. The highest BCUT2D eigenvalue weighted by Gasteiger charge is 2.16. The van der Waals surface area contributed by atoms with Crippen molar-refractivity contribution in [3.63, 3.8) is 0 Å². The zero-order chi connectivity index (χ0) is 12.2. The van der Waals surface area contributed by atoms with Crippen LogP contribution in [0.4, 0.5) is 4.39 Å². The van der Waals surface area contributed by atoms with Crippen molar-refractivity contribution in [2.75, 3.05) is 5.33 Å². The Morgan fingerprint density at radius 1 is 1.44 bits per heavy atom. The molecule has 0 aliphatic carbocycles. The molecule has 1 N–H and O–H groups in total. The van der Waals surface area contributed by atoms with E-state index in [2.05, 4.69) is 35.1 Å². The summed E-state index contributed by atoms with van der Waals surface area (Å²) in [6.45, 7) is 4.72. The molecule has 1 aromatic carbocycles. The van der Waals surface area contributed by atoms with E-state index in [0.717, 1.165) is 11.8 Å². The molecule has 4 heteroatoms. The van der Waals surface area contributed by atoms with E-state index in [4.69, 9.17) is 11.6 Å². The molecule has 1 aromatic rings. The molecule has 0 spiro atoms. The Bertz CT molecular complexity index is 355. The number of hydrogen-bond acceptors (Lipinski definition) is 1. The zero-order valence-electron chi connectivity index (χ0n) is 9.49. The maximum Gasteiger partial charge on any atom is 0.129 e. The molecule has 0 bridgehead atoms. The minimum absolute atomic E-state index is 0.00439. The van der Waals surface area contributed by atoms with Gasteiger partial charge in [0.15, 0.2) is 0 Å². The third-order valence-electron chi connectivity index (χ3n) is 2.49. The number of hydrogen-bond donors (Lipinski definition) is 1. The molecule has 0 saturated carbocycles. The van der Waals surface area contributed by atoms with Gasteiger partial charge >= 0.3 is 0 Å². The molecule has 0 aliphatic rings. The molecular formula is C12H16BrClFN. The van der Waals surface area contributed by atoms with Crippen molar-refractivity contribution in [3.8, 4) is 0 Å². The summed E-state index contributed by atoms with van der Waals surface area (Å²) in [6, 6.07) is 4.77. The molecular weight excluding hydrogens is 292 g/mol. The number of rotatable bonds is 5.